The van der Waals surface area contributed by atoms with Crippen LogP contribution in [0.15, 0.2) is 78.9 Å². The third kappa shape index (κ3) is 8.37. The first-order chi connectivity index (χ1) is 19.4. The fraction of sp³-hybridized carbons (Fsp3) is 0.355. The summed E-state index contributed by atoms with van der Waals surface area (Å²) < 4.78 is 42.4. The molecule has 41 heavy (non-hydrogen) atoms. The maximum absolute atomic E-state index is 14.2. The minimum Gasteiger partial charge on any atom is -0.352 e. The van der Waals surface area contributed by atoms with E-state index in [1.807, 2.05) is 75.4 Å². The summed E-state index contributed by atoms with van der Waals surface area (Å²) in [5, 5.41) is 3.01. The largest absolute Gasteiger partial charge is 0.352 e. The average molecular weight is 583 g/mol. The van der Waals surface area contributed by atoms with Crippen molar-refractivity contribution < 1.29 is 22.4 Å². The molecule has 8 nitrogen and oxygen atoms in total. The molecule has 0 aliphatic carbocycles. The average Bonchev–Trinajstić information content (AvgIpc) is 2.95. The Morgan fingerprint density at radius 3 is 2.12 bits per heavy atom. The van der Waals surface area contributed by atoms with Crippen molar-refractivity contribution in [2.24, 2.45) is 0 Å². The first kappa shape index (κ1) is 31.8. The smallest absolute Gasteiger partial charge is 0.304 e. The zero-order valence-electron chi connectivity index (χ0n) is 24.2. The standard InChI is InChI=1S/C31H39FN4O4S/c1-6-24(3)33-31(38)29(20-25-13-8-7-9-14-25)35(21-26-15-11-10-12-23(26)2)30(37)22-36(41(39,40)34(4)5)28-18-16-27(32)17-19-28/h7-19,24,29H,6,20-22H2,1-5H3,(H,33,38). The van der Waals surface area contributed by atoms with E-state index in [0.717, 1.165) is 37.4 Å². The predicted octanol–water partition coefficient (Wildman–Crippen LogP) is 4.30. The first-order valence-corrected chi connectivity index (χ1v) is 15.0. The Bertz CT molecular complexity index is 1420. The van der Waals surface area contributed by atoms with Gasteiger partial charge in [-0.15, -0.1) is 0 Å². The van der Waals surface area contributed by atoms with Crippen molar-refractivity contribution in [2.75, 3.05) is 24.9 Å². The lowest BCUT2D eigenvalue weighted by molar-refractivity contribution is -0.140. The van der Waals surface area contributed by atoms with E-state index in [0.29, 0.717) is 6.42 Å². The maximum Gasteiger partial charge on any atom is 0.304 e. The topological polar surface area (TPSA) is 90.0 Å². The SMILES string of the molecule is CCC(C)NC(=O)C(Cc1ccccc1)N(Cc1ccccc1C)C(=O)CN(c1ccc(F)cc1)S(=O)(=O)N(C)C. The summed E-state index contributed by atoms with van der Waals surface area (Å²) in [5.74, 6) is -1.43. The molecule has 0 bridgehead atoms. The molecule has 0 aromatic heterocycles. The van der Waals surface area contributed by atoms with Crippen molar-refractivity contribution in [3.63, 3.8) is 0 Å². The highest BCUT2D eigenvalue weighted by Gasteiger charge is 2.35. The van der Waals surface area contributed by atoms with Gasteiger partial charge in [-0.05, 0) is 61.2 Å². The molecule has 10 heteroatoms. The van der Waals surface area contributed by atoms with Crippen LogP contribution in [0.5, 0.6) is 0 Å². The van der Waals surface area contributed by atoms with Crippen molar-refractivity contribution in [1.29, 1.82) is 0 Å². The number of hydrogen-bond donors (Lipinski definition) is 1. The van der Waals surface area contributed by atoms with Crippen LogP contribution in [0.25, 0.3) is 0 Å². The molecule has 3 rings (SSSR count). The minimum absolute atomic E-state index is 0.0935. The Balaban J connectivity index is 2.10. The molecule has 2 unspecified atom stereocenters. The zero-order chi connectivity index (χ0) is 30.2. The number of aryl methyl sites for hydroxylation is 1. The molecule has 0 saturated carbocycles. The zero-order valence-corrected chi connectivity index (χ0v) is 25.1. The molecule has 0 saturated heterocycles. The lowest BCUT2D eigenvalue weighted by atomic mass is 10.0. The molecule has 0 heterocycles. The van der Waals surface area contributed by atoms with E-state index >= 15 is 0 Å². The normalized spacial score (nSPS) is 13.0. The second-order valence-corrected chi connectivity index (χ2v) is 12.3. The lowest BCUT2D eigenvalue weighted by Crippen LogP contribution is -2.55. The van der Waals surface area contributed by atoms with Crippen molar-refractivity contribution >= 4 is 27.7 Å². The Kier molecular flexibility index (Phi) is 11.0. The van der Waals surface area contributed by atoms with Crippen molar-refractivity contribution in [1.82, 2.24) is 14.5 Å². The fourth-order valence-corrected chi connectivity index (χ4v) is 5.35. The van der Waals surface area contributed by atoms with Gasteiger partial charge in [0, 0.05) is 33.1 Å². The quantitative estimate of drug-likeness (QED) is 0.326. The van der Waals surface area contributed by atoms with Crippen LogP contribution in [0.2, 0.25) is 0 Å². The highest BCUT2D eigenvalue weighted by molar-refractivity contribution is 7.90. The molecule has 0 spiro atoms. The van der Waals surface area contributed by atoms with Crippen molar-refractivity contribution in [3.05, 3.63) is 101 Å². The highest BCUT2D eigenvalue weighted by Crippen LogP contribution is 2.23. The summed E-state index contributed by atoms with van der Waals surface area (Å²) in [6.45, 7) is 5.28. The molecule has 2 amide bonds. The Hall–Kier alpha value is -3.76. The van der Waals surface area contributed by atoms with E-state index in [1.54, 1.807) is 0 Å². The predicted molar refractivity (Wildman–Crippen MR) is 160 cm³/mol. The summed E-state index contributed by atoms with van der Waals surface area (Å²) >= 11 is 0. The van der Waals surface area contributed by atoms with Gasteiger partial charge in [-0.3, -0.25) is 9.59 Å². The van der Waals surface area contributed by atoms with E-state index in [4.69, 9.17) is 0 Å². The molecular weight excluding hydrogens is 543 g/mol. The van der Waals surface area contributed by atoms with E-state index in [2.05, 4.69) is 5.32 Å². The molecule has 3 aromatic carbocycles. The molecule has 2 atom stereocenters. The van der Waals surface area contributed by atoms with Crippen LogP contribution < -0.4 is 9.62 Å². The van der Waals surface area contributed by atoms with E-state index in [9.17, 15) is 22.4 Å². The van der Waals surface area contributed by atoms with Gasteiger partial charge in [0.25, 0.3) is 0 Å². The summed E-state index contributed by atoms with van der Waals surface area (Å²) in [7, 11) is -1.43. The first-order valence-electron chi connectivity index (χ1n) is 13.6. The Labute approximate surface area is 243 Å². The second kappa shape index (κ2) is 14.2. The van der Waals surface area contributed by atoms with E-state index in [-0.39, 0.29) is 30.6 Å². The van der Waals surface area contributed by atoms with Crippen LogP contribution in [-0.2, 0) is 32.8 Å². The van der Waals surface area contributed by atoms with Gasteiger partial charge < -0.3 is 10.2 Å². The molecule has 0 aliphatic heterocycles. The Morgan fingerprint density at radius 2 is 1.54 bits per heavy atom. The van der Waals surface area contributed by atoms with Crippen LogP contribution in [0, 0.1) is 12.7 Å². The number of nitrogens with zero attached hydrogens (tertiary/aromatic N) is 3. The molecule has 1 N–H and O–H groups in total. The fourth-order valence-electron chi connectivity index (χ4n) is 4.29. The Morgan fingerprint density at radius 1 is 0.927 bits per heavy atom. The van der Waals surface area contributed by atoms with Crippen molar-refractivity contribution in [3.8, 4) is 0 Å². The number of hydrogen-bond acceptors (Lipinski definition) is 4. The van der Waals surface area contributed by atoms with Gasteiger partial charge in [0.2, 0.25) is 11.8 Å². The van der Waals surface area contributed by atoms with Gasteiger partial charge in [0.15, 0.2) is 0 Å². The number of anilines is 1. The van der Waals surface area contributed by atoms with Gasteiger partial charge in [-0.25, -0.2) is 8.70 Å². The maximum atomic E-state index is 14.2. The van der Waals surface area contributed by atoms with Crippen LogP contribution in [0.3, 0.4) is 0 Å². The number of amides is 2. The molecule has 0 aliphatic rings. The number of halogens is 1. The second-order valence-electron chi connectivity index (χ2n) is 10.2. The molecule has 220 valence electrons. The van der Waals surface area contributed by atoms with Gasteiger partial charge in [0.1, 0.15) is 18.4 Å². The summed E-state index contributed by atoms with van der Waals surface area (Å²) in [5.41, 5.74) is 2.75. The van der Waals surface area contributed by atoms with E-state index in [1.165, 1.54) is 31.1 Å². The number of rotatable bonds is 13. The third-order valence-corrected chi connectivity index (χ3v) is 8.83. The van der Waals surface area contributed by atoms with Gasteiger partial charge >= 0.3 is 10.2 Å². The third-order valence-electron chi connectivity index (χ3n) is 7.01. The molecular formula is C31H39FN4O4S. The van der Waals surface area contributed by atoms with Gasteiger partial charge in [-0.1, -0.05) is 61.5 Å². The molecule has 0 fully saturated rings. The van der Waals surface area contributed by atoms with Crippen LogP contribution >= 0.6 is 0 Å². The monoisotopic (exact) mass is 582 g/mol. The summed E-state index contributed by atoms with van der Waals surface area (Å²) in [4.78, 5) is 29.4. The number of carbonyl (C=O) groups excluding carboxylic acids is 2. The minimum atomic E-state index is -4.15. The number of benzene rings is 3. The number of nitrogens with one attached hydrogen (secondary N) is 1. The lowest BCUT2D eigenvalue weighted by Gasteiger charge is -2.35. The van der Waals surface area contributed by atoms with Gasteiger partial charge in [0.05, 0.1) is 5.69 Å². The van der Waals surface area contributed by atoms with Gasteiger partial charge in [-0.2, -0.15) is 12.7 Å². The van der Waals surface area contributed by atoms with Crippen LogP contribution in [-0.4, -0.2) is 62.2 Å². The van der Waals surface area contributed by atoms with Crippen molar-refractivity contribution in [2.45, 2.75) is 52.2 Å². The van der Waals surface area contributed by atoms with Crippen LogP contribution in [0.4, 0.5) is 10.1 Å². The molecule has 3 aromatic rings. The summed E-state index contributed by atoms with van der Waals surface area (Å²) in [6, 6.07) is 20.8. The highest BCUT2D eigenvalue weighted by atomic mass is 32.2. The van der Waals surface area contributed by atoms with E-state index < -0.39 is 34.5 Å². The molecule has 0 radical (unpaired) electrons. The van der Waals surface area contributed by atoms with Crippen LogP contribution in [0.1, 0.15) is 37.0 Å². The number of carbonyl (C=O) groups is 2. The summed E-state index contributed by atoms with van der Waals surface area (Å²) in [6.07, 6.45) is 0.937.